The highest BCUT2D eigenvalue weighted by Gasteiger charge is 2.29. The van der Waals surface area contributed by atoms with Gasteiger partial charge in [-0.05, 0) is 31.4 Å². The molecule has 0 aromatic heterocycles. The molecule has 1 atom stereocenters. The summed E-state index contributed by atoms with van der Waals surface area (Å²) in [6, 6.07) is 4.88. The van der Waals surface area contributed by atoms with Gasteiger partial charge in [0.1, 0.15) is 5.82 Å². The monoisotopic (exact) mass is 285 g/mol. The SMILES string of the molecule is Cc1cccc(F)c1N1CCCC(Br)C1=O. The summed E-state index contributed by atoms with van der Waals surface area (Å²) in [5, 5.41) is 0. The van der Waals surface area contributed by atoms with Gasteiger partial charge < -0.3 is 4.90 Å². The summed E-state index contributed by atoms with van der Waals surface area (Å²) in [4.78, 5) is 13.3. The molecule has 1 aromatic carbocycles. The molecule has 2 nitrogen and oxygen atoms in total. The van der Waals surface area contributed by atoms with E-state index in [1.54, 1.807) is 11.0 Å². The van der Waals surface area contributed by atoms with E-state index in [0.29, 0.717) is 12.2 Å². The predicted octanol–water partition coefficient (Wildman–Crippen LogP) is 3.02. The Hall–Kier alpha value is -0.900. The molecule has 1 heterocycles. The molecule has 2 rings (SSSR count). The smallest absolute Gasteiger partial charge is 0.240 e. The third kappa shape index (κ3) is 1.98. The Kier molecular flexibility index (Phi) is 3.28. The number of aryl methyl sites for hydroxylation is 1. The lowest BCUT2D eigenvalue weighted by molar-refractivity contribution is -0.118. The number of carbonyl (C=O) groups excluding carboxylic acids is 1. The number of para-hydroxylation sites is 1. The van der Waals surface area contributed by atoms with Crippen LogP contribution in [0.4, 0.5) is 10.1 Å². The number of carbonyl (C=O) groups is 1. The van der Waals surface area contributed by atoms with Crippen LogP contribution in [0.3, 0.4) is 0 Å². The van der Waals surface area contributed by atoms with E-state index in [0.717, 1.165) is 18.4 Å². The number of anilines is 1. The molecule has 0 saturated carbocycles. The highest BCUT2D eigenvalue weighted by atomic mass is 79.9. The molecule has 16 heavy (non-hydrogen) atoms. The number of amides is 1. The van der Waals surface area contributed by atoms with Crippen LogP contribution in [0.15, 0.2) is 18.2 Å². The van der Waals surface area contributed by atoms with Gasteiger partial charge in [-0.25, -0.2) is 4.39 Å². The third-order valence-electron chi connectivity index (χ3n) is 2.83. The summed E-state index contributed by atoms with van der Waals surface area (Å²) < 4.78 is 13.7. The zero-order valence-corrected chi connectivity index (χ0v) is 10.6. The Morgan fingerprint density at radius 1 is 1.50 bits per heavy atom. The molecule has 0 aliphatic carbocycles. The number of rotatable bonds is 1. The molecule has 0 N–H and O–H groups in total. The first-order valence-corrected chi connectivity index (χ1v) is 6.23. The van der Waals surface area contributed by atoms with E-state index in [1.165, 1.54) is 6.07 Å². The summed E-state index contributed by atoms with van der Waals surface area (Å²) in [5.74, 6) is -0.366. The summed E-state index contributed by atoms with van der Waals surface area (Å²) in [5.41, 5.74) is 1.23. The van der Waals surface area contributed by atoms with Gasteiger partial charge in [-0.3, -0.25) is 4.79 Å². The Labute approximate surface area is 103 Å². The number of nitrogens with zero attached hydrogens (tertiary/aromatic N) is 1. The van der Waals surface area contributed by atoms with Crippen LogP contribution in [0.25, 0.3) is 0 Å². The molecule has 1 unspecified atom stereocenters. The molecule has 0 radical (unpaired) electrons. The zero-order chi connectivity index (χ0) is 11.7. The van der Waals surface area contributed by atoms with E-state index in [2.05, 4.69) is 15.9 Å². The van der Waals surface area contributed by atoms with Crippen LogP contribution in [0.1, 0.15) is 18.4 Å². The van der Waals surface area contributed by atoms with Gasteiger partial charge in [-0.15, -0.1) is 0 Å². The summed E-state index contributed by atoms with van der Waals surface area (Å²) >= 11 is 3.33. The summed E-state index contributed by atoms with van der Waals surface area (Å²) in [6.45, 7) is 2.42. The van der Waals surface area contributed by atoms with Crippen LogP contribution in [0, 0.1) is 12.7 Å². The second-order valence-electron chi connectivity index (χ2n) is 4.00. The van der Waals surface area contributed by atoms with Gasteiger partial charge in [-0.2, -0.15) is 0 Å². The average molecular weight is 286 g/mol. The first-order valence-electron chi connectivity index (χ1n) is 5.32. The van der Waals surface area contributed by atoms with Gasteiger partial charge in [0, 0.05) is 6.54 Å². The van der Waals surface area contributed by atoms with Crippen molar-refractivity contribution >= 4 is 27.5 Å². The maximum Gasteiger partial charge on any atom is 0.240 e. The minimum absolute atomic E-state index is 0.0422. The van der Waals surface area contributed by atoms with Gasteiger partial charge in [0.15, 0.2) is 0 Å². The zero-order valence-electron chi connectivity index (χ0n) is 9.04. The van der Waals surface area contributed by atoms with Crippen LogP contribution in [0.5, 0.6) is 0 Å². The Balaban J connectivity index is 2.40. The largest absolute Gasteiger partial charge is 0.308 e. The number of halogens is 2. The van der Waals surface area contributed by atoms with Crippen molar-refractivity contribution in [1.29, 1.82) is 0 Å². The standard InChI is InChI=1S/C12H13BrFNO/c1-8-4-2-6-10(14)11(8)15-7-3-5-9(13)12(15)16/h2,4,6,9H,3,5,7H2,1H3. The van der Waals surface area contributed by atoms with Crippen LogP contribution in [-0.2, 0) is 4.79 Å². The molecule has 1 aromatic rings. The molecule has 86 valence electrons. The van der Waals surface area contributed by atoms with Crippen LogP contribution in [-0.4, -0.2) is 17.3 Å². The van der Waals surface area contributed by atoms with Crippen LogP contribution < -0.4 is 4.90 Å². The lowest BCUT2D eigenvalue weighted by Crippen LogP contribution is -2.42. The van der Waals surface area contributed by atoms with Crippen molar-refractivity contribution in [2.24, 2.45) is 0 Å². The predicted molar refractivity (Wildman–Crippen MR) is 65.4 cm³/mol. The maximum atomic E-state index is 13.7. The van der Waals surface area contributed by atoms with Gasteiger partial charge in [0.05, 0.1) is 10.5 Å². The molecule has 4 heteroatoms. The van der Waals surface area contributed by atoms with Crippen molar-refractivity contribution in [3.63, 3.8) is 0 Å². The van der Waals surface area contributed by atoms with Crippen molar-refractivity contribution in [3.8, 4) is 0 Å². The normalized spacial score (nSPS) is 21.3. The minimum atomic E-state index is -0.324. The van der Waals surface area contributed by atoms with Crippen molar-refractivity contribution in [1.82, 2.24) is 0 Å². The van der Waals surface area contributed by atoms with E-state index in [1.807, 2.05) is 13.0 Å². The van der Waals surface area contributed by atoms with Gasteiger partial charge in [0.25, 0.3) is 0 Å². The quantitative estimate of drug-likeness (QED) is 0.727. The van der Waals surface area contributed by atoms with E-state index in [-0.39, 0.29) is 16.6 Å². The molecule has 0 bridgehead atoms. The molecule has 0 spiro atoms. The third-order valence-corrected chi connectivity index (χ3v) is 3.68. The van der Waals surface area contributed by atoms with Crippen molar-refractivity contribution in [2.45, 2.75) is 24.6 Å². The molecule has 1 amide bonds. The Morgan fingerprint density at radius 2 is 2.25 bits per heavy atom. The Morgan fingerprint density at radius 3 is 2.94 bits per heavy atom. The molecular formula is C12H13BrFNO. The Bertz CT molecular complexity index is 401. The van der Waals surface area contributed by atoms with Crippen molar-refractivity contribution in [2.75, 3.05) is 11.4 Å². The van der Waals surface area contributed by atoms with Crippen LogP contribution >= 0.6 is 15.9 Å². The van der Waals surface area contributed by atoms with Crippen LogP contribution in [0.2, 0.25) is 0 Å². The molecule has 1 aliphatic heterocycles. The number of hydrogen-bond acceptors (Lipinski definition) is 1. The summed E-state index contributed by atoms with van der Waals surface area (Å²) in [7, 11) is 0. The van der Waals surface area contributed by atoms with E-state index >= 15 is 0 Å². The van der Waals surface area contributed by atoms with Gasteiger partial charge >= 0.3 is 0 Å². The fraction of sp³-hybridized carbons (Fsp3) is 0.417. The van der Waals surface area contributed by atoms with Crippen molar-refractivity contribution < 1.29 is 9.18 Å². The fourth-order valence-corrected chi connectivity index (χ4v) is 2.59. The summed E-state index contributed by atoms with van der Waals surface area (Å²) in [6.07, 6.45) is 1.72. The number of piperidine rings is 1. The maximum absolute atomic E-state index is 13.7. The fourth-order valence-electron chi connectivity index (χ4n) is 2.02. The topological polar surface area (TPSA) is 20.3 Å². The second kappa shape index (κ2) is 4.53. The average Bonchev–Trinajstić information content (AvgIpc) is 2.24. The first-order chi connectivity index (χ1) is 7.61. The molecular weight excluding hydrogens is 273 g/mol. The first kappa shape index (κ1) is 11.6. The minimum Gasteiger partial charge on any atom is -0.308 e. The second-order valence-corrected chi connectivity index (χ2v) is 5.11. The number of alkyl halides is 1. The lowest BCUT2D eigenvalue weighted by Gasteiger charge is -2.31. The van der Waals surface area contributed by atoms with Gasteiger partial charge in [-0.1, -0.05) is 28.1 Å². The highest BCUT2D eigenvalue weighted by Crippen LogP contribution is 2.29. The van der Waals surface area contributed by atoms with E-state index < -0.39 is 0 Å². The van der Waals surface area contributed by atoms with E-state index in [4.69, 9.17) is 0 Å². The molecule has 1 fully saturated rings. The highest BCUT2D eigenvalue weighted by molar-refractivity contribution is 9.10. The molecule has 1 saturated heterocycles. The number of hydrogen-bond donors (Lipinski definition) is 0. The van der Waals surface area contributed by atoms with Gasteiger partial charge in [0.2, 0.25) is 5.91 Å². The van der Waals surface area contributed by atoms with Crippen molar-refractivity contribution in [3.05, 3.63) is 29.6 Å². The van der Waals surface area contributed by atoms with E-state index in [9.17, 15) is 9.18 Å². The number of benzene rings is 1. The molecule has 1 aliphatic rings. The lowest BCUT2D eigenvalue weighted by atomic mass is 10.1.